The van der Waals surface area contributed by atoms with Gasteiger partial charge in [-0.1, -0.05) is 33.7 Å². The van der Waals surface area contributed by atoms with Crippen LogP contribution in [-0.2, 0) is 24.0 Å². The van der Waals surface area contributed by atoms with E-state index in [-0.39, 0.29) is 11.0 Å². The molecule has 134 valence electrons. The monoisotopic (exact) mass is 431 g/mol. The van der Waals surface area contributed by atoms with Crippen molar-refractivity contribution in [2.24, 2.45) is 5.16 Å². The quantitative estimate of drug-likeness (QED) is 0.189. The second kappa shape index (κ2) is 7.83. The molecule has 0 radical (unpaired) electrons. The normalized spacial score (nSPS) is 22.7. The molecule has 2 aliphatic rings. The Kier molecular flexibility index (Phi) is 6.01. The van der Waals surface area contributed by atoms with Crippen molar-refractivity contribution in [1.29, 1.82) is 0 Å². The van der Waals surface area contributed by atoms with Crippen LogP contribution in [0.5, 0.6) is 0 Å². The number of hydrogen-bond donors (Lipinski definition) is 2. The zero-order chi connectivity index (χ0) is 18.7. The fourth-order valence-corrected chi connectivity index (χ4v) is 3.99. The number of fused-ring (bicyclic) bond motifs is 1. The number of carbonyl (C=O) groups excluding carboxylic acids is 3. The third-order valence-electron chi connectivity index (χ3n) is 3.52. The summed E-state index contributed by atoms with van der Waals surface area (Å²) in [5.74, 6) is -2.95. The Morgan fingerprint density at radius 3 is 2.76 bits per heavy atom. The van der Waals surface area contributed by atoms with E-state index in [0.29, 0.717) is 11.3 Å². The second-order valence-corrected chi connectivity index (χ2v) is 6.59. The van der Waals surface area contributed by atoms with Crippen LogP contribution in [0.3, 0.4) is 0 Å². The number of halogens is 1. The molecule has 0 bridgehead atoms. The molecule has 2 N–H and O–H groups in total. The number of thioether (sulfide) groups is 1. The number of rotatable bonds is 7. The molecule has 2 aliphatic heterocycles. The molecular weight excluding hydrogens is 418 g/mol. The summed E-state index contributed by atoms with van der Waals surface area (Å²) in [6.07, 6.45) is 1.39. The first kappa shape index (κ1) is 19.2. The van der Waals surface area contributed by atoms with Gasteiger partial charge in [-0.25, -0.2) is 4.79 Å². The molecule has 0 spiro atoms. The molecule has 2 rings (SSSR count). The summed E-state index contributed by atoms with van der Waals surface area (Å²) in [4.78, 5) is 53.3. The molecule has 9 nitrogen and oxygen atoms in total. The number of oxime groups is 1. The Morgan fingerprint density at radius 2 is 2.24 bits per heavy atom. The minimum Gasteiger partial charge on any atom is -0.477 e. The predicted molar refractivity (Wildman–Crippen MR) is 93.1 cm³/mol. The second-order valence-electron chi connectivity index (χ2n) is 4.92. The molecule has 11 heteroatoms. The number of aliphatic carboxylic acids is 1. The summed E-state index contributed by atoms with van der Waals surface area (Å²) in [5, 5.41) is 14.4. The van der Waals surface area contributed by atoms with Crippen LogP contribution in [-0.4, -0.2) is 68.9 Å². The molecule has 0 saturated carbocycles. The molecule has 1 fully saturated rings. The molecular formula is C14H14BrN3O6S. The average molecular weight is 432 g/mol. The largest absolute Gasteiger partial charge is 0.477 e. The zero-order valence-corrected chi connectivity index (χ0v) is 15.4. The number of hydrogen-bond acceptors (Lipinski definition) is 7. The number of carboxylic acids is 1. The van der Waals surface area contributed by atoms with Gasteiger partial charge >= 0.3 is 5.97 Å². The Balaban J connectivity index is 2.19. The van der Waals surface area contributed by atoms with Gasteiger partial charge in [-0.15, -0.1) is 11.8 Å². The minimum atomic E-state index is -1.24. The summed E-state index contributed by atoms with van der Waals surface area (Å²) >= 11 is 4.22. The smallest absolute Gasteiger partial charge is 0.352 e. The van der Waals surface area contributed by atoms with Gasteiger partial charge in [-0.2, -0.15) is 0 Å². The standard InChI is InChI=1S/C14H14BrN3O6S/c1-3-6-5-25-13-9(12(21)18(13)10(6)14(22)23)16-11(20)8(17-24-2)7(19)4-15/h3,9,13H,1,4-5H2,2H3,(H,16,20)(H,22,23)/t9?,13-/m0/s1. The van der Waals surface area contributed by atoms with Crippen molar-refractivity contribution in [3.8, 4) is 0 Å². The average Bonchev–Trinajstić information content (AvgIpc) is 2.61. The number of carboxylic acid groups (broad SMARTS) is 1. The first-order valence-corrected chi connectivity index (χ1v) is 9.09. The third kappa shape index (κ3) is 3.47. The Hall–Kier alpha value is -2.14. The Labute approximate surface area is 155 Å². The molecule has 0 aliphatic carbocycles. The van der Waals surface area contributed by atoms with Gasteiger partial charge in [-0.3, -0.25) is 19.3 Å². The van der Waals surface area contributed by atoms with Crippen LogP contribution >= 0.6 is 27.7 Å². The molecule has 2 amide bonds. The number of Topliss-reactive ketones (excluding diaryl/α,β-unsaturated/α-hetero) is 1. The van der Waals surface area contributed by atoms with E-state index in [1.807, 2.05) is 0 Å². The van der Waals surface area contributed by atoms with Crippen LogP contribution in [0.25, 0.3) is 0 Å². The van der Waals surface area contributed by atoms with Crippen LogP contribution in [0, 0.1) is 0 Å². The number of alkyl halides is 1. The van der Waals surface area contributed by atoms with E-state index in [0.717, 1.165) is 4.90 Å². The molecule has 0 aromatic heterocycles. The fourth-order valence-electron chi connectivity index (χ4n) is 2.38. The first-order valence-electron chi connectivity index (χ1n) is 6.92. The highest BCUT2D eigenvalue weighted by molar-refractivity contribution is 9.09. The Bertz CT molecular complexity index is 719. The van der Waals surface area contributed by atoms with Crippen molar-refractivity contribution >= 4 is 57.0 Å². The maximum absolute atomic E-state index is 12.3. The topological polar surface area (TPSA) is 125 Å². The summed E-state index contributed by atoms with van der Waals surface area (Å²) in [7, 11) is 1.18. The fraction of sp³-hybridized carbons (Fsp3) is 0.357. The molecule has 2 heterocycles. The van der Waals surface area contributed by atoms with Gasteiger partial charge in [0, 0.05) is 5.75 Å². The molecule has 1 saturated heterocycles. The molecule has 25 heavy (non-hydrogen) atoms. The highest BCUT2D eigenvalue weighted by atomic mass is 79.9. The number of nitrogens with zero attached hydrogens (tertiary/aromatic N) is 2. The van der Waals surface area contributed by atoms with E-state index in [2.05, 4.69) is 37.8 Å². The third-order valence-corrected chi connectivity index (χ3v) is 5.33. The van der Waals surface area contributed by atoms with Crippen molar-refractivity contribution in [2.45, 2.75) is 11.4 Å². The highest BCUT2D eigenvalue weighted by Gasteiger charge is 2.54. The lowest BCUT2D eigenvalue weighted by Crippen LogP contribution is -2.71. The number of carbonyl (C=O) groups is 4. The van der Waals surface area contributed by atoms with Gasteiger partial charge in [-0.05, 0) is 5.57 Å². The lowest BCUT2D eigenvalue weighted by Gasteiger charge is -2.49. The predicted octanol–water partition coefficient (Wildman–Crippen LogP) is -0.123. The SMILES string of the molecule is C=CC1=C(C(=O)O)N2C(=O)C(NC(=O)C(=NOC)C(=O)CBr)[C@@H]2SC1. The highest BCUT2D eigenvalue weighted by Crippen LogP contribution is 2.40. The summed E-state index contributed by atoms with van der Waals surface area (Å²) in [6.45, 7) is 3.55. The van der Waals surface area contributed by atoms with Crippen LogP contribution in [0.15, 0.2) is 29.1 Å². The zero-order valence-electron chi connectivity index (χ0n) is 13.0. The van der Waals surface area contributed by atoms with E-state index < -0.39 is 40.7 Å². The molecule has 0 aromatic rings. The number of β-lactam (4-membered cyclic amide) rings is 1. The van der Waals surface area contributed by atoms with E-state index in [1.54, 1.807) is 0 Å². The summed E-state index contributed by atoms with van der Waals surface area (Å²) < 4.78 is 0. The number of ketones is 1. The number of amides is 2. The van der Waals surface area contributed by atoms with E-state index in [9.17, 15) is 24.3 Å². The van der Waals surface area contributed by atoms with Crippen LogP contribution in [0.1, 0.15) is 0 Å². The van der Waals surface area contributed by atoms with Gasteiger partial charge < -0.3 is 15.3 Å². The first-order chi connectivity index (χ1) is 11.9. The molecule has 0 aromatic carbocycles. The minimum absolute atomic E-state index is 0.139. The number of nitrogens with one attached hydrogen (secondary N) is 1. The van der Waals surface area contributed by atoms with E-state index >= 15 is 0 Å². The van der Waals surface area contributed by atoms with E-state index in [4.69, 9.17) is 0 Å². The van der Waals surface area contributed by atoms with Crippen LogP contribution in [0.2, 0.25) is 0 Å². The van der Waals surface area contributed by atoms with Crippen molar-refractivity contribution in [2.75, 3.05) is 18.2 Å². The van der Waals surface area contributed by atoms with Gasteiger partial charge in [0.1, 0.15) is 24.2 Å². The van der Waals surface area contributed by atoms with E-state index in [1.165, 1.54) is 24.9 Å². The van der Waals surface area contributed by atoms with Crippen molar-refractivity contribution in [3.63, 3.8) is 0 Å². The van der Waals surface area contributed by atoms with Gasteiger partial charge in [0.15, 0.2) is 0 Å². The maximum Gasteiger partial charge on any atom is 0.352 e. The maximum atomic E-state index is 12.3. The van der Waals surface area contributed by atoms with Crippen molar-refractivity contribution < 1.29 is 29.1 Å². The molecule has 1 unspecified atom stereocenters. The van der Waals surface area contributed by atoms with Crippen LogP contribution < -0.4 is 5.32 Å². The van der Waals surface area contributed by atoms with Gasteiger partial charge in [0.2, 0.25) is 11.5 Å². The lowest BCUT2D eigenvalue weighted by atomic mass is 10.0. The van der Waals surface area contributed by atoms with Gasteiger partial charge in [0.25, 0.3) is 11.8 Å². The summed E-state index contributed by atoms with van der Waals surface area (Å²) in [5.41, 5.74) is -0.188. The molecule has 2 atom stereocenters. The van der Waals surface area contributed by atoms with Gasteiger partial charge in [0.05, 0.1) is 5.33 Å². The van der Waals surface area contributed by atoms with Crippen LogP contribution in [0.4, 0.5) is 0 Å². The van der Waals surface area contributed by atoms with Crippen molar-refractivity contribution in [3.05, 3.63) is 23.9 Å². The Morgan fingerprint density at radius 1 is 1.56 bits per heavy atom. The number of allylic oxidation sites excluding steroid dienone is 1. The lowest BCUT2D eigenvalue weighted by molar-refractivity contribution is -0.150. The summed E-state index contributed by atoms with van der Waals surface area (Å²) in [6, 6.07) is -0.955. The van der Waals surface area contributed by atoms with Crippen molar-refractivity contribution in [1.82, 2.24) is 10.2 Å².